The predicted molar refractivity (Wildman–Crippen MR) is 78.5 cm³/mol. The van der Waals surface area contributed by atoms with Crippen molar-refractivity contribution in [3.63, 3.8) is 0 Å². The van der Waals surface area contributed by atoms with Gasteiger partial charge in [-0.1, -0.05) is 0 Å². The Hall–Kier alpha value is -3.00. The first-order valence-corrected chi connectivity index (χ1v) is 6.25. The molecule has 1 amide bonds. The summed E-state index contributed by atoms with van der Waals surface area (Å²) in [5.74, 6) is -1.68. The molecule has 0 atom stereocenters. The van der Waals surface area contributed by atoms with Gasteiger partial charge in [0.05, 0.1) is 12.2 Å². The summed E-state index contributed by atoms with van der Waals surface area (Å²) in [5, 5.41) is 11.7. The number of methoxy groups -OCH3 is 1. The van der Waals surface area contributed by atoms with Crippen LogP contribution in [0.4, 0.5) is 11.5 Å². The van der Waals surface area contributed by atoms with Gasteiger partial charge < -0.3 is 20.9 Å². The molecule has 0 radical (unpaired) electrons. The molecule has 2 aromatic rings. The lowest BCUT2D eigenvalue weighted by Gasteiger charge is -2.09. The predicted octanol–water partition coefficient (Wildman–Crippen LogP) is 1.16. The standard InChI is InChI=1S/C14H14N4O4/c1-22-7-8-4-9(14(20)21)6-10(5-8)18-13(19)11-12(15)17-3-2-16-11/h2-6H,7H2,1H3,(H2,15,17)(H,18,19)(H,20,21). The average molecular weight is 302 g/mol. The van der Waals surface area contributed by atoms with Crippen LogP contribution < -0.4 is 11.1 Å². The lowest BCUT2D eigenvalue weighted by Crippen LogP contribution is -2.17. The second-order valence-corrected chi connectivity index (χ2v) is 4.40. The monoisotopic (exact) mass is 302 g/mol. The summed E-state index contributed by atoms with van der Waals surface area (Å²) in [6.07, 6.45) is 2.71. The quantitative estimate of drug-likeness (QED) is 0.756. The molecule has 1 aromatic carbocycles. The molecule has 0 aliphatic rings. The normalized spacial score (nSPS) is 10.2. The summed E-state index contributed by atoms with van der Waals surface area (Å²) in [6.45, 7) is 0.220. The second kappa shape index (κ2) is 6.64. The molecule has 8 nitrogen and oxygen atoms in total. The highest BCUT2D eigenvalue weighted by atomic mass is 16.5. The van der Waals surface area contributed by atoms with Gasteiger partial charge in [-0.25, -0.2) is 14.8 Å². The molecule has 8 heteroatoms. The van der Waals surface area contributed by atoms with Gasteiger partial charge in [-0.3, -0.25) is 4.79 Å². The number of nitrogens with zero attached hydrogens (tertiary/aromatic N) is 2. The number of amides is 1. The highest BCUT2D eigenvalue weighted by Crippen LogP contribution is 2.17. The van der Waals surface area contributed by atoms with E-state index in [1.54, 1.807) is 6.07 Å². The van der Waals surface area contributed by atoms with E-state index in [1.807, 2.05) is 0 Å². The van der Waals surface area contributed by atoms with Gasteiger partial charge in [-0.15, -0.1) is 0 Å². The molecular formula is C14H14N4O4. The summed E-state index contributed by atoms with van der Waals surface area (Å²) in [7, 11) is 1.49. The summed E-state index contributed by atoms with van der Waals surface area (Å²) < 4.78 is 4.98. The van der Waals surface area contributed by atoms with E-state index in [9.17, 15) is 9.59 Å². The van der Waals surface area contributed by atoms with E-state index in [4.69, 9.17) is 15.6 Å². The van der Waals surface area contributed by atoms with Gasteiger partial charge in [0.1, 0.15) is 0 Å². The van der Waals surface area contributed by atoms with Gasteiger partial charge >= 0.3 is 5.97 Å². The van der Waals surface area contributed by atoms with Crippen molar-refractivity contribution in [1.82, 2.24) is 9.97 Å². The van der Waals surface area contributed by atoms with E-state index in [0.717, 1.165) is 0 Å². The number of nitrogens with one attached hydrogen (secondary N) is 1. The zero-order valence-electron chi connectivity index (χ0n) is 11.7. The molecule has 4 N–H and O–H groups in total. The number of carboxylic acid groups (broad SMARTS) is 1. The number of nitrogens with two attached hydrogens (primary N) is 1. The minimum absolute atomic E-state index is 0.00787. The molecule has 0 saturated heterocycles. The topological polar surface area (TPSA) is 127 Å². The van der Waals surface area contributed by atoms with Crippen molar-refractivity contribution < 1.29 is 19.4 Å². The van der Waals surface area contributed by atoms with E-state index < -0.39 is 11.9 Å². The van der Waals surface area contributed by atoms with Crippen LogP contribution in [0.1, 0.15) is 26.4 Å². The number of aromatic carboxylic acids is 1. The largest absolute Gasteiger partial charge is 0.478 e. The third-order valence-corrected chi connectivity index (χ3v) is 2.75. The van der Waals surface area contributed by atoms with Gasteiger partial charge in [0.15, 0.2) is 11.5 Å². The second-order valence-electron chi connectivity index (χ2n) is 4.40. The first-order valence-electron chi connectivity index (χ1n) is 6.25. The van der Waals surface area contributed by atoms with Crippen molar-refractivity contribution in [2.45, 2.75) is 6.61 Å². The SMILES string of the molecule is COCc1cc(NC(=O)c2nccnc2N)cc(C(=O)O)c1. The molecule has 22 heavy (non-hydrogen) atoms. The summed E-state index contributed by atoms with van der Waals surface area (Å²) >= 11 is 0. The third kappa shape index (κ3) is 3.55. The number of ether oxygens (including phenoxy) is 1. The number of carbonyl (C=O) groups is 2. The van der Waals surface area contributed by atoms with Crippen LogP contribution >= 0.6 is 0 Å². The maximum Gasteiger partial charge on any atom is 0.335 e. The molecule has 0 saturated carbocycles. The lowest BCUT2D eigenvalue weighted by atomic mass is 10.1. The van der Waals surface area contributed by atoms with Crippen LogP contribution in [0.15, 0.2) is 30.6 Å². The van der Waals surface area contributed by atoms with Gasteiger partial charge in [-0.05, 0) is 23.8 Å². The Morgan fingerprint density at radius 2 is 2.00 bits per heavy atom. The van der Waals surface area contributed by atoms with E-state index in [-0.39, 0.29) is 23.7 Å². The summed E-state index contributed by atoms with van der Waals surface area (Å²) in [4.78, 5) is 30.9. The minimum atomic E-state index is -1.10. The molecule has 0 unspecified atom stereocenters. The van der Waals surface area contributed by atoms with Crippen LogP contribution in [0.2, 0.25) is 0 Å². The molecule has 0 fully saturated rings. The van der Waals surface area contributed by atoms with Gasteiger partial charge in [-0.2, -0.15) is 0 Å². The number of benzene rings is 1. The van der Waals surface area contributed by atoms with Crippen LogP contribution in [0, 0.1) is 0 Å². The number of carboxylic acids is 1. The number of rotatable bonds is 5. The van der Waals surface area contributed by atoms with Crippen molar-refractivity contribution in [1.29, 1.82) is 0 Å². The Labute approximate surface area is 126 Å². The van der Waals surface area contributed by atoms with Crippen LogP contribution in [-0.2, 0) is 11.3 Å². The zero-order chi connectivity index (χ0) is 16.1. The lowest BCUT2D eigenvalue weighted by molar-refractivity contribution is 0.0696. The van der Waals surface area contributed by atoms with Crippen molar-refractivity contribution in [2.24, 2.45) is 0 Å². The Morgan fingerprint density at radius 3 is 2.64 bits per heavy atom. The zero-order valence-corrected chi connectivity index (χ0v) is 11.7. The fourth-order valence-electron chi connectivity index (χ4n) is 1.85. The van der Waals surface area contributed by atoms with Crippen LogP contribution in [-0.4, -0.2) is 34.1 Å². The van der Waals surface area contributed by atoms with Gasteiger partial charge in [0.25, 0.3) is 5.91 Å². The highest BCUT2D eigenvalue weighted by molar-refractivity contribution is 6.06. The fourth-order valence-corrected chi connectivity index (χ4v) is 1.85. The molecule has 0 aliphatic heterocycles. The van der Waals surface area contributed by atoms with Crippen LogP contribution in [0.3, 0.4) is 0 Å². The molecule has 1 aromatic heterocycles. The Balaban J connectivity index is 2.30. The third-order valence-electron chi connectivity index (χ3n) is 2.75. The Bertz CT molecular complexity index is 718. The molecule has 1 heterocycles. The number of hydrogen-bond donors (Lipinski definition) is 3. The van der Waals surface area contributed by atoms with Crippen LogP contribution in [0.5, 0.6) is 0 Å². The highest BCUT2D eigenvalue weighted by Gasteiger charge is 2.14. The number of nitrogen functional groups attached to an aromatic ring is 1. The van der Waals surface area contributed by atoms with Crippen molar-refractivity contribution in [3.05, 3.63) is 47.4 Å². The summed E-state index contributed by atoms with van der Waals surface area (Å²) in [6, 6.07) is 4.42. The maximum atomic E-state index is 12.1. The smallest absolute Gasteiger partial charge is 0.335 e. The average Bonchev–Trinajstić information content (AvgIpc) is 2.47. The number of aromatic nitrogens is 2. The summed E-state index contributed by atoms with van der Waals surface area (Å²) in [5.41, 5.74) is 6.51. The molecule has 114 valence electrons. The fraction of sp³-hybridized carbons (Fsp3) is 0.143. The first kappa shape index (κ1) is 15.4. The molecular weight excluding hydrogens is 288 g/mol. The maximum absolute atomic E-state index is 12.1. The van der Waals surface area contributed by atoms with Crippen molar-refractivity contribution >= 4 is 23.4 Å². The minimum Gasteiger partial charge on any atom is -0.478 e. The number of anilines is 2. The molecule has 0 aliphatic carbocycles. The molecule has 0 spiro atoms. The van der Waals surface area contributed by atoms with E-state index in [1.165, 1.54) is 31.6 Å². The van der Waals surface area contributed by atoms with E-state index >= 15 is 0 Å². The van der Waals surface area contributed by atoms with Crippen LogP contribution in [0.25, 0.3) is 0 Å². The van der Waals surface area contributed by atoms with Gasteiger partial charge in [0, 0.05) is 25.2 Å². The van der Waals surface area contributed by atoms with Gasteiger partial charge in [0.2, 0.25) is 0 Å². The molecule has 2 rings (SSSR count). The Morgan fingerprint density at radius 1 is 1.27 bits per heavy atom. The molecule has 0 bridgehead atoms. The van der Waals surface area contributed by atoms with E-state index in [2.05, 4.69) is 15.3 Å². The van der Waals surface area contributed by atoms with E-state index in [0.29, 0.717) is 11.3 Å². The number of carbonyl (C=O) groups excluding carboxylic acids is 1. The Kier molecular flexibility index (Phi) is 4.64. The first-order chi connectivity index (χ1) is 10.5. The van der Waals surface area contributed by atoms with Crippen molar-refractivity contribution in [2.75, 3.05) is 18.2 Å². The number of hydrogen-bond acceptors (Lipinski definition) is 6. The van der Waals surface area contributed by atoms with Crippen molar-refractivity contribution in [3.8, 4) is 0 Å².